The summed E-state index contributed by atoms with van der Waals surface area (Å²) in [6, 6.07) is 7.96. The first-order valence-electron chi connectivity index (χ1n) is 6.14. The van der Waals surface area contributed by atoms with E-state index in [0.717, 1.165) is 5.56 Å². The second kappa shape index (κ2) is 4.91. The number of aryl methyl sites for hydroxylation is 1. The van der Waals surface area contributed by atoms with Crippen LogP contribution in [0.1, 0.15) is 50.5 Å². The second-order valence-corrected chi connectivity index (χ2v) is 5.81. The Hall–Kier alpha value is -1.31. The molecular formula is C15H23NO. The third-order valence-electron chi connectivity index (χ3n) is 2.76. The van der Waals surface area contributed by atoms with E-state index in [1.807, 2.05) is 36.1 Å². The zero-order valence-electron chi connectivity index (χ0n) is 11.7. The monoisotopic (exact) mass is 233 g/mol. The molecule has 0 saturated carbocycles. The molecule has 0 atom stereocenters. The SMILES string of the molecule is Cc1ccc(C(=O)N(C(C)C)C(C)(C)C)cc1. The van der Waals surface area contributed by atoms with Gasteiger partial charge in [-0.15, -0.1) is 0 Å². The van der Waals surface area contributed by atoms with Crippen molar-refractivity contribution in [3.05, 3.63) is 35.4 Å². The van der Waals surface area contributed by atoms with Gasteiger partial charge in [0.1, 0.15) is 0 Å². The van der Waals surface area contributed by atoms with Gasteiger partial charge in [0.25, 0.3) is 5.91 Å². The molecule has 0 aliphatic rings. The first-order chi connectivity index (χ1) is 7.73. The predicted octanol–water partition coefficient (Wildman–Crippen LogP) is 3.64. The number of benzene rings is 1. The number of hydrogen-bond donors (Lipinski definition) is 0. The van der Waals surface area contributed by atoms with Gasteiger partial charge in [0, 0.05) is 17.1 Å². The molecule has 17 heavy (non-hydrogen) atoms. The van der Waals surface area contributed by atoms with E-state index in [0.29, 0.717) is 0 Å². The Morgan fingerprint density at radius 1 is 1.12 bits per heavy atom. The van der Waals surface area contributed by atoms with Crippen molar-refractivity contribution < 1.29 is 4.79 Å². The highest BCUT2D eigenvalue weighted by molar-refractivity contribution is 5.94. The molecule has 2 heteroatoms. The van der Waals surface area contributed by atoms with Crippen molar-refractivity contribution in [2.24, 2.45) is 0 Å². The maximum atomic E-state index is 12.5. The van der Waals surface area contributed by atoms with Crippen LogP contribution in [0, 0.1) is 6.92 Å². The van der Waals surface area contributed by atoms with E-state index in [9.17, 15) is 4.79 Å². The standard InChI is InChI=1S/C15H23NO/c1-11(2)16(15(4,5)6)14(17)13-9-7-12(3)8-10-13/h7-11H,1-6H3. The van der Waals surface area contributed by atoms with Gasteiger partial charge in [-0.05, 0) is 53.7 Å². The van der Waals surface area contributed by atoms with Crippen molar-refractivity contribution in [1.82, 2.24) is 4.90 Å². The number of rotatable bonds is 2. The Bertz CT molecular complexity index is 384. The molecule has 0 radical (unpaired) electrons. The molecule has 1 aromatic rings. The van der Waals surface area contributed by atoms with Crippen LogP contribution >= 0.6 is 0 Å². The van der Waals surface area contributed by atoms with Crippen LogP contribution in [0.4, 0.5) is 0 Å². The molecule has 0 saturated heterocycles. The van der Waals surface area contributed by atoms with Gasteiger partial charge in [-0.2, -0.15) is 0 Å². The van der Waals surface area contributed by atoms with Gasteiger partial charge in [-0.25, -0.2) is 0 Å². The summed E-state index contributed by atoms with van der Waals surface area (Å²) in [5.41, 5.74) is 1.78. The summed E-state index contributed by atoms with van der Waals surface area (Å²) in [6.45, 7) is 12.3. The third kappa shape index (κ3) is 3.32. The minimum Gasteiger partial charge on any atom is -0.331 e. The number of hydrogen-bond acceptors (Lipinski definition) is 1. The lowest BCUT2D eigenvalue weighted by Gasteiger charge is -2.39. The average Bonchev–Trinajstić information content (AvgIpc) is 2.15. The Balaban J connectivity index is 3.05. The topological polar surface area (TPSA) is 20.3 Å². The highest BCUT2D eigenvalue weighted by atomic mass is 16.2. The molecule has 0 aliphatic heterocycles. The maximum absolute atomic E-state index is 12.5. The summed E-state index contributed by atoms with van der Waals surface area (Å²) in [6.07, 6.45) is 0. The normalized spacial score (nSPS) is 11.7. The molecule has 0 spiro atoms. The predicted molar refractivity (Wildman–Crippen MR) is 72.2 cm³/mol. The van der Waals surface area contributed by atoms with Gasteiger partial charge in [0.05, 0.1) is 0 Å². The van der Waals surface area contributed by atoms with Gasteiger partial charge < -0.3 is 4.90 Å². The molecule has 0 N–H and O–H groups in total. The quantitative estimate of drug-likeness (QED) is 0.763. The van der Waals surface area contributed by atoms with E-state index in [1.165, 1.54) is 5.56 Å². The van der Waals surface area contributed by atoms with Crippen molar-refractivity contribution >= 4 is 5.91 Å². The molecule has 0 heterocycles. The first kappa shape index (κ1) is 13.8. The van der Waals surface area contributed by atoms with E-state index in [4.69, 9.17) is 0 Å². The van der Waals surface area contributed by atoms with Crippen molar-refractivity contribution in [2.75, 3.05) is 0 Å². The van der Waals surface area contributed by atoms with E-state index in [-0.39, 0.29) is 17.5 Å². The minimum atomic E-state index is -0.157. The van der Waals surface area contributed by atoms with Gasteiger partial charge in [-0.3, -0.25) is 4.79 Å². The molecule has 0 aromatic heterocycles. The van der Waals surface area contributed by atoms with Crippen LogP contribution in [0.15, 0.2) is 24.3 Å². The molecule has 0 aliphatic carbocycles. The van der Waals surface area contributed by atoms with Crippen LogP contribution in [-0.2, 0) is 0 Å². The summed E-state index contributed by atoms with van der Waals surface area (Å²) in [5, 5.41) is 0. The highest BCUT2D eigenvalue weighted by Crippen LogP contribution is 2.20. The Morgan fingerprint density at radius 2 is 1.59 bits per heavy atom. The summed E-state index contributed by atoms with van der Waals surface area (Å²) >= 11 is 0. The molecule has 0 bridgehead atoms. The van der Waals surface area contributed by atoms with E-state index >= 15 is 0 Å². The van der Waals surface area contributed by atoms with Gasteiger partial charge in [0.2, 0.25) is 0 Å². The van der Waals surface area contributed by atoms with Gasteiger partial charge in [0.15, 0.2) is 0 Å². The van der Waals surface area contributed by atoms with Crippen LogP contribution in [-0.4, -0.2) is 22.4 Å². The molecule has 0 unspecified atom stereocenters. The molecule has 0 fully saturated rings. The third-order valence-corrected chi connectivity index (χ3v) is 2.76. The number of carbonyl (C=O) groups is 1. The van der Waals surface area contributed by atoms with Crippen molar-refractivity contribution in [2.45, 2.75) is 53.1 Å². The van der Waals surface area contributed by atoms with Crippen LogP contribution in [0.5, 0.6) is 0 Å². The number of nitrogens with zero attached hydrogens (tertiary/aromatic N) is 1. The highest BCUT2D eigenvalue weighted by Gasteiger charge is 2.29. The fourth-order valence-corrected chi connectivity index (χ4v) is 2.15. The fourth-order valence-electron chi connectivity index (χ4n) is 2.15. The summed E-state index contributed by atoms with van der Waals surface area (Å²) in [4.78, 5) is 14.4. The number of amides is 1. The lowest BCUT2D eigenvalue weighted by Crippen LogP contribution is -2.49. The smallest absolute Gasteiger partial charge is 0.254 e. The minimum absolute atomic E-state index is 0.104. The summed E-state index contributed by atoms with van der Waals surface area (Å²) in [5.74, 6) is 0.104. The van der Waals surface area contributed by atoms with E-state index in [1.54, 1.807) is 0 Å². The van der Waals surface area contributed by atoms with E-state index < -0.39 is 0 Å². The molecule has 1 rings (SSSR count). The Morgan fingerprint density at radius 3 is 1.94 bits per heavy atom. The molecule has 94 valence electrons. The lowest BCUT2D eigenvalue weighted by atomic mass is 10.0. The van der Waals surface area contributed by atoms with Gasteiger partial charge >= 0.3 is 0 Å². The summed E-state index contributed by atoms with van der Waals surface area (Å²) in [7, 11) is 0. The Labute approximate surface area is 105 Å². The molecule has 2 nitrogen and oxygen atoms in total. The zero-order valence-corrected chi connectivity index (χ0v) is 11.7. The fraction of sp³-hybridized carbons (Fsp3) is 0.533. The average molecular weight is 233 g/mol. The molecular weight excluding hydrogens is 210 g/mol. The van der Waals surface area contributed by atoms with Crippen LogP contribution in [0.2, 0.25) is 0 Å². The van der Waals surface area contributed by atoms with Crippen LogP contribution < -0.4 is 0 Å². The van der Waals surface area contributed by atoms with Crippen LogP contribution in [0.3, 0.4) is 0 Å². The van der Waals surface area contributed by atoms with Crippen LogP contribution in [0.25, 0.3) is 0 Å². The zero-order chi connectivity index (χ0) is 13.2. The van der Waals surface area contributed by atoms with Crippen molar-refractivity contribution in [3.8, 4) is 0 Å². The van der Waals surface area contributed by atoms with Crippen molar-refractivity contribution in [3.63, 3.8) is 0 Å². The summed E-state index contributed by atoms with van der Waals surface area (Å²) < 4.78 is 0. The lowest BCUT2D eigenvalue weighted by molar-refractivity contribution is 0.0490. The largest absolute Gasteiger partial charge is 0.331 e. The van der Waals surface area contributed by atoms with E-state index in [2.05, 4.69) is 34.6 Å². The van der Waals surface area contributed by atoms with Gasteiger partial charge in [-0.1, -0.05) is 17.7 Å². The Kier molecular flexibility index (Phi) is 3.97. The van der Waals surface area contributed by atoms with Crippen molar-refractivity contribution in [1.29, 1.82) is 0 Å². The molecule has 1 aromatic carbocycles. The maximum Gasteiger partial charge on any atom is 0.254 e. The first-order valence-corrected chi connectivity index (χ1v) is 6.14. The second-order valence-electron chi connectivity index (χ2n) is 5.81. The molecule has 1 amide bonds. The number of carbonyl (C=O) groups excluding carboxylic acids is 1.